The molecule has 166 valence electrons. The Morgan fingerprint density at radius 1 is 0.935 bits per heavy atom. The van der Waals surface area contributed by atoms with Gasteiger partial charge in [0.05, 0.1) is 0 Å². The highest BCUT2D eigenvalue weighted by molar-refractivity contribution is 5.61. The fourth-order valence-electron chi connectivity index (χ4n) is 2.95. The fraction of sp³-hybridized carbons (Fsp3) is 0.364. The van der Waals surface area contributed by atoms with E-state index in [1.807, 2.05) is 12.1 Å². The molecule has 1 aliphatic rings. The number of ether oxygens (including phenoxy) is 5. The molecule has 1 heterocycles. The minimum Gasteiger partial charge on any atom is -0.431 e. The van der Waals surface area contributed by atoms with Gasteiger partial charge in [-0.2, -0.15) is 0 Å². The Labute approximate surface area is 178 Å². The maximum absolute atomic E-state index is 14.9. The second-order valence-electron chi connectivity index (χ2n) is 7.08. The molecule has 0 bridgehead atoms. The number of carbonyl (C=O) groups excluding carboxylic acids is 2. The molecule has 4 atom stereocenters. The molecule has 1 N–H and O–H groups in total. The number of halogens is 1. The van der Waals surface area contributed by atoms with Crippen molar-refractivity contribution < 1.29 is 42.8 Å². The van der Waals surface area contributed by atoms with Gasteiger partial charge in [-0.05, 0) is 18.1 Å². The lowest BCUT2D eigenvalue weighted by Crippen LogP contribution is -2.45. The van der Waals surface area contributed by atoms with Gasteiger partial charge >= 0.3 is 12.3 Å². The molecule has 0 amide bonds. The Morgan fingerprint density at radius 3 is 2.00 bits per heavy atom. The van der Waals surface area contributed by atoms with Crippen molar-refractivity contribution in [1.29, 1.82) is 0 Å². The highest BCUT2D eigenvalue weighted by Gasteiger charge is 2.57. The number of hydrogen-bond acceptors (Lipinski definition) is 8. The summed E-state index contributed by atoms with van der Waals surface area (Å²) in [7, 11) is 0. The van der Waals surface area contributed by atoms with Crippen LogP contribution in [0, 0.1) is 0 Å². The highest BCUT2D eigenvalue weighted by Crippen LogP contribution is 2.36. The highest BCUT2D eigenvalue weighted by atomic mass is 19.1. The molecule has 31 heavy (non-hydrogen) atoms. The van der Waals surface area contributed by atoms with E-state index in [1.165, 1.54) is 0 Å². The fourth-order valence-corrected chi connectivity index (χ4v) is 2.95. The molecule has 0 saturated carbocycles. The van der Waals surface area contributed by atoms with Gasteiger partial charge in [-0.15, -0.1) is 0 Å². The molecular weight excluding hydrogens is 411 g/mol. The van der Waals surface area contributed by atoms with Crippen molar-refractivity contribution in [2.75, 3.05) is 6.61 Å². The van der Waals surface area contributed by atoms with E-state index in [0.29, 0.717) is 5.56 Å². The zero-order valence-corrected chi connectivity index (χ0v) is 16.8. The molecule has 9 heteroatoms. The summed E-state index contributed by atoms with van der Waals surface area (Å²) in [6.07, 6.45) is -6.86. The molecule has 1 saturated heterocycles. The van der Waals surface area contributed by atoms with Crippen LogP contribution in [0.2, 0.25) is 0 Å². The van der Waals surface area contributed by atoms with E-state index < -0.39 is 43.1 Å². The largest absolute Gasteiger partial charge is 0.509 e. The third kappa shape index (κ3) is 6.16. The molecule has 1 aliphatic heterocycles. The molecule has 2 aromatic carbocycles. The van der Waals surface area contributed by atoms with Crippen molar-refractivity contribution in [1.82, 2.24) is 0 Å². The first-order chi connectivity index (χ1) is 14.9. The second kappa shape index (κ2) is 10.2. The number of rotatable bonds is 7. The summed E-state index contributed by atoms with van der Waals surface area (Å²) >= 11 is 0. The van der Waals surface area contributed by atoms with Crippen LogP contribution < -0.4 is 0 Å². The summed E-state index contributed by atoms with van der Waals surface area (Å²) in [5.74, 6) is 0. The van der Waals surface area contributed by atoms with Crippen LogP contribution in [-0.4, -0.2) is 48.2 Å². The van der Waals surface area contributed by atoms with Gasteiger partial charge in [0.2, 0.25) is 0 Å². The van der Waals surface area contributed by atoms with Crippen molar-refractivity contribution in [2.24, 2.45) is 0 Å². The molecule has 3 rings (SSSR count). The van der Waals surface area contributed by atoms with E-state index in [0.717, 1.165) is 12.5 Å². The lowest BCUT2D eigenvalue weighted by molar-refractivity contribution is -0.145. The number of benzene rings is 2. The number of carbonyl (C=O) groups is 2. The lowest BCUT2D eigenvalue weighted by atomic mass is 10.00. The molecule has 0 aromatic heterocycles. The maximum atomic E-state index is 14.9. The van der Waals surface area contributed by atoms with E-state index in [2.05, 4.69) is 0 Å². The Balaban J connectivity index is 1.50. The smallest absolute Gasteiger partial charge is 0.431 e. The topological polar surface area (TPSA) is 101 Å². The SMILES string of the molecule is C[C@]1(F)C(O)O[C@H](COC(=O)OCc2ccccc2)[C@H]1OC(=O)OCc1ccccc1. The number of aliphatic hydroxyl groups excluding tert-OH is 1. The lowest BCUT2D eigenvalue weighted by Gasteiger charge is -2.24. The van der Waals surface area contributed by atoms with Crippen LogP contribution in [0.5, 0.6) is 0 Å². The molecule has 1 unspecified atom stereocenters. The summed E-state index contributed by atoms with van der Waals surface area (Å²) in [6, 6.07) is 17.8. The summed E-state index contributed by atoms with van der Waals surface area (Å²) in [4.78, 5) is 23.8. The number of hydrogen-bond donors (Lipinski definition) is 1. The quantitative estimate of drug-likeness (QED) is 0.661. The first-order valence-corrected chi connectivity index (χ1v) is 9.59. The van der Waals surface area contributed by atoms with Gasteiger partial charge in [-0.1, -0.05) is 60.7 Å². The van der Waals surface area contributed by atoms with Gasteiger partial charge in [-0.25, -0.2) is 14.0 Å². The van der Waals surface area contributed by atoms with E-state index in [9.17, 15) is 19.1 Å². The number of aliphatic hydroxyl groups is 1. The normalized spacial score (nSPS) is 24.9. The third-order valence-electron chi connectivity index (χ3n) is 4.67. The Morgan fingerprint density at radius 2 is 1.45 bits per heavy atom. The summed E-state index contributed by atoms with van der Waals surface area (Å²) in [5, 5.41) is 9.83. The van der Waals surface area contributed by atoms with Gasteiger partial charge in [0.25, 0.3) is 0 Å². The van der Waals surface area contributed by atoms with Crippen LogP contribution in [0.15, 0.2) is 60.7 Å². The van der Waals surface area contributed by atoms with Gasteiger partial charge in [-0.3, -0.25) is 0 Å². The standard InChI is InChI=1S/C22H23FO8/c1-22(23)18(31-21(26)28-13-16-10-6-3-7-11-16)17(30-19(22)24)14-29-20(25)27-12-15-8-4-2-5-9-15/h2-11,17-19,24H,12-14H2,1H3/t17-,18-,19?,22-/m1/s1. The van der Waals surface area contributed by atoms with Gasteiger partial charge in [0.1, 0.15) is 25.9 Å². The van der Waals surface area contributed by atoms with E-state index >= 15 is 0 Å². The number of alkyl halides is 1. The van der Waals surface area contributed by atoms with Crippen LogP contribution in [0.4, 0.5) is 14.0 Å². The van der Waals surface area contributed by atoms with Gasteiger partial charge in [0, 0.05) is 0 Å². The molecule has 0 aliphatic carbocycles. The first-order valence-electron chi connectivity index (χ1n) is 9.59. The predicted octanol–water partition coefficient (Wildman–Crippen LogP) is 3.51. The van der Waals surface area contributed by atoms with Crippen LogP contribution in [0.25, 0.3) is 0 Å². The monoisotopic (exact) mass is 434 g/mol. The molecule has 0 radical (unpaired) electrons. The predicted molar refractivity (Wildman–Crippen MR) is 104 cm³/mol. The van der Waals surface area contributed by atoms with Crippen LogP contribution in [0.3, 0.4) is 0 Å². The summed E-state index contributed by atoms with van der Waals surface area (Å²) in [5.41, 5.74) is -0.967. The van der Waals surface area contributed by atoms with Gasteiger partial charge in [0.15, 0.2) is 18.1 Å². The van der Waals surface area contributed by atoms with Gasteiger partial charge < -0.3 is 28.8 Å². The zero-order valence-electron chi connectivity index (χ0n) is 16.8. The average Bonchev–Trinajstić information content (AvgIpc) is 2.99. The minimum absolute atomic E-state index is 0.0135. The molecule has 2 aromatic rings. The zero-order chi connectivity index (χ0) is 22.3. The minimum atomic E-state index is -2.44. The molecule has 1 fully saturated rings. The molecule has 8 nitrogen and oxygen atoms in total. The van der Waals surface area contributed by atoms with Crippen LogP contribution in [0.1, 0.15) is 18.1 Å². The van der Waals surface area contributed by atoms with Crippen LogP contribution >= 0.6 is 0 Å². The van der Waals surface area contributed by atoms with E-state index in [-0.39, 0.29) is 13.2 Å². The van der Waals surface area contributed by atoms with E-state index in [1.54, 1.807) is 48.5 Å². The Bertz CT molecular complexity index is 858. The molecular formula is C22H23FO8. The average molecular weight is 434 g/mol. The van der Waals surface area contributed by atoms with E-state index in [4.69, 9.17) is 23.7 Å². The van der Waals surface area contributed by atoms with Crippen molar-refractivity contribution >= 4 is 12.3 Å². The van der Waals surface area contributed by atoms with Crippen molar-refractivity contribution in [2.45, 2.75) is 44.3 Å². The molecule has 0 spiro atoms. The third-order valence-corrected chi connectivity index (χ3v) is 4.67. The maximum Gasteiger partial charge on any atom is 0.509 e. The first kappa shape index (κ1) is 22.5. The Hall–Kier alpha value is -3.17. The second-order valence-corrected chi connectivity index (χ2v) is 7.08. The Kier molecular flexibility index (Phi) is 7.43. The summed E-state index contributed by atoms with van der Waals surface area (Å²) in [6.45, 7) is 0.424. The van der Waals surface area contributed by atoms with Crippen molar-refractivity contribution in [3.63, 3.8) is 0 Å². The van der Waals surface area contributed by atoms with Crippen LogP contribution in [-0.2, 0) is 36.9 Å². The summed E-state index contributed by atoms with van der Waals surface area (Å²) < 4.78 is 39.9. The van der Waals surface area contributed by atoms with Crippen molar-refractivity contribution in [3.8, 4) is 0 Å². The van der Waals surface area contributed by atoms with Crippen molar-refractivity contribution in [3.05, 3.63) is 71.8 Å².